The van der Waals surface area contributed by atoms with Crippen LogP contribution in [0.3, 0.4) is 0 Å². The van der Waals surface area contributed by atoms with E-state index in [2.05, 4.69) is 5.32 Å². The zero-order valence-corrected chi connectivity index (χ0v) is 5.80. The summed E-state index contributed by atoms with van der Waals surface area (Å²) in [6.07, 6.45) is 1.17. The Kier molecular flexibility index (Phi) is 1.11. The van der Waals surface area contributed by atoms with Crippen molar-refractivity contribution in [1.29, 1.82) is 5.41 Å². The van der Waals surface area contributed by atoms with Crippen molar-refractivity contribution < 1.29 is 0 Å². The van der Waals surface area contributed by atoms with E-state index in [1.165, 1.54) is 6.42 Å². The van der Waals surface area contributed by atoms with Crippen LogP contribution in [0.2, 0.25) is 0 Å². The number of nitrogens with zero attached hydrogens (tertiary/aromatic N) is 1. The zero-order valence-electron chi connectivity index (χ0n) is 5.80. The number of nitrogens with two attached hydrogens (primary N) is 1. The second-order valence-electron chi connectivity index (χ2n) is 3.03. The number of nitrogens with one attached hydrogen (secondary N) is 2. The van der Waals surface area contributed by atoms with Crippen LogP contribution in [0, 0.1) is 5.41 Å². The number of rotatable bonds is 0. The Morgan fingerprint density at radius 1 is 1.70 bits per heavy atom. The van der Waals surface area contributed by atoms with Gasteiger partial charge in [-0.1, -0.05) is 0 Å². The third-order valence-corrected chi connectivity index (χ3v) is 2.37. The molecule has 2 rings (SSSR count). The molecule has 2 bridgehead atoms. The number of fused-ring (bicyclic) bond motifs is 2. The molecule has 4 nitrogen and oxygen atoms in total. The van der Waals surface area contributed by atoms with Crippen molar-refractivity contribution in [2.75, 3.05) is 13.1 Å². The minimum Gasteiger partial charge on any atom is -0.370 e. The van der Waals surface area contributed by atoms with Crippen molar-refractivity contribution in [2.24, 2.45) is 5.73 Å². The molecule has 0 aromatic heterocycles. The standard InChI is InChI=1S/C6H12N4/c7-6(8)10-3-4-1-5(10)2-9-4/h4-5,9H,1-3H2,(H3,7,8). The van der Waals surface area contributed by atoms with Crippen LogP contribution in [0.4, 0.5) is 0 Å². The minimum atomic E-state index is 0.231. The van der Waals surface area contributed by atoms with Crippen LogP contribution in [0.1, 0.15) is 6.42 Å². The predicted octanol–water partition coefficient (Wildman–Crippen LogP) is -1.07. The van der Waals surface area contributed by atoms with Crippen molar-refractivity contribution >= 4 is 5.96 Å². The van der Waals surface area contributed by atoms with Crippen molar-refractivity contribution in [3.8, 4) is 0 Å². The first kappa shape index (κ1) is 5.97. The zero-order chi connectivity index (χ0) is 7.14. The normalized spacial score (nSPS) is 37.0. The van der Waals surface area contributed by atoms with E-state index >= 15 is 0 Å². The third-order valence-electron chi connectivity index (χ3n) is 2.37. The maximum Gasteiger partial charge on any atom is 0.188 e. The van der Waals surface area contributed by atoms with Gasteiger partial charge in [0.05, 0.1) is 0 Å². The van der Waals surface area contributed by atoms with Gasteiger partial charge >= 0.3 is 0 Å². The maximum atomic E-state index is 7.22. The quantitative estimate of drug-likeness (QED) is 0.296. The summed E-state index contributed by atoms with van der Waals surface area (Å²) in [5.74, 6) is 0.231. The van der Waals surface area contributed by atoms with Gasteiger partial charge in [-0.3, -0.25) is 5.41 Å². The Hall–Kier alpha value is -0.770. The van der Waals surface area contributed by atoms with Crippen molar-refractivity contribution in [3.63, 3.8) is 0 Å². The SMILES string of the molecule is N=C(N)N1CC2CC1CN2. The molecular formula is C6H12N4. The Morgan fingerprint density at radius 2 is 2.50 bits per heavy atom. The van der Waals surface area contributed by atoms with E-state index in [9.17, 15) is 0 Å². The average molecular weight is 140 g/mol. The van der Waals surface area contributed by atoms with E-state index < -0.39 is 0 Å². The summed E-state index contributed by atoms with van der Waals surface area (Å²) in [5, 5.41) is 10.6. The van der Waals surface area contributed by atoms with E-state index in [1.54, 1.807) is 0 Å². The average Bonchev–Trinajstić information content (AvgIpc) is 2.44. The van der Waals surface area contributed by atoms with Crippen LogP contribution < -0.4 is 11.1 Å². The summed E-state index contributed by atoms with van der Waals surface area (Å²) in [6, 6.07) is 1.09. The number of hydrogen-bond acceptors (Lipinski definition) is 2. The summed E-state index contributed by atoms with van der Waals surface area (Å²) in [7, 11) is 0. The molecule has 0 radical (unpaired) electrons. The van der Waals surface area contributed by atoms with Gasteiger partial charge in [-0.15, -0.1) is 0 Å². The van der Waals surface area contributed by atoms with Crippen molar-refractivity contribution in [1.82, 2.24) is 10.2 Å². The highest BCUT2D eigenvalue weighted by molar-refractivity contribution is 5.75. The molecule has 2 aliphatic heterocycles. The molecule has 0 aromatic rings. The maximum absolute atomic E-state index is 7.22. The summed E-state index contributed by atoms with van der Waals surface area (Å²) in [4.78, 5) is 1.97. The molecule has 10 heavy (non-hydrogen) atoms. The Morgan fingerprint density at radius 3 is 2.80 bits per heavy atom. The Bertz CT molecular complexity index is 167. The number of guanidine groups is 1. The van der Waals surface area contributed by atoms with Crippen molar-refractivity contribution in [3.05, 3.63) is 0 Å². The fraction of sp³-hybridized carbons (Fsp3) is 0.833. The fourth-order valence-corrected chi connectivity index (χ4v) is 1.86. The van der Waals surface area contributed by atoms with Crippen LogP contribution in [0.5, 0.6) is 0 Å². The smallest absolute Gasteiger partial charge is 0.188 e. The van der Waals surface area contributed by atoms with E-state index in [1.807, 2.05) is 4.90 Å². The van der Waals surface area contributed by atoms with Crippen molar-refractivity contribution in [2.45, 2.75) is 18.5 Å². The lowest BCUT2D eigenvalue weighted by atomic mass is 10.2. The van der Waals surface area contributed by atoms with Gasteiger partial charge in [0, 0.05) is 25.2 Å². The molecule has 2 unspecified atom stereocenters. The number of hydrogen-bond donors (Lipinski definition) is 3. The van der Waals surface area contributed by atoms with Gasteiger partial charge in [0.1, 0.15) is 0 Å². The highest BCUT2D eigenvalue weighted by atomic mass is 15.3. The molecule has 4 N–H and O–H groups in total. The van der Waals surface area contributed by atoms with Gasteiger partial charge < -0.3 is 16.0 Å². The largest absolute Gasteiger partial charge is 0.370 e. The third kappa shape index (κ3) is 0.686. The molecule has 2 heterocycles. The summed E-state index contributed by atoms with van der Waals surface area (Å²) >= 11 is 0. The van der Waals surface area contributed by atoms with Gasteiger partial charge in [0.15, 0.2) is 5.96 Å². The predicted molar refractivity (Wildman–Crippen MR) is 38.8 cm³/mol. The van der Waals surface area contributed by atoms with E-state index in [0.717, 1.165) is 13.1 Å². The monoisotopic (exact) mass is 140 g/mol. The molecule has 0 spiro atoms. The summed E-state index contributed by atoms with van der Waals surface area (Å²) < 4.78 is 0. The van der Waals surface area contributed by atoms with E-state index in [-0.39, 0.29) is 5.96 Å². The van der Waals surface area contributed by atoms with Gasteiger partial charge in [-0.05, 0) is 6.42 Å². The Labute approximate surface area is 59.9 Å². The minimum absolute atomic E-state index is 0.231. The molecule has 2 fully saturated rings. The lowest BCUT2D eigenvalue weighted by Crippen LogP contribution is -2.49. The first-order valence-electron chi connectivity index (χ1n) is 3.61. The molecule has 0 aliphatic carbocycles. The first-order chi connectivity index (χ1) is 4.77. The summed E-state index contributed by atoms with van der Waals surface area (Å²) in [6.45, 7) is 1.93. The number of piperazine rings is 1. The lowest BCUT2D eigenvalue weighted by Gasteiger charge is -2.27. The highest BCUT2D eigenvalue weighted by Crippen LogP contribution is 2.21. The van der Waals surface area contributed by atoms with Crippen LogP contribution >= 0.6 is 0 Å². The topological polar surface area (TPSA) is 65.1 Å². The molecule has 2 aliphatic rings. The van der Waals surface area contributed by atoms with Crippen LogP contribution in [0.15, 0.2) is 0 Å². The first-order valence-corrected chi connectivity index (χ1v) is 3.61. The van der Waals surface area contributed by atoms with Crippen LogP contribution in [-0.2, 0) is 0 Å². The molecule has 0 amide bonds. The molecule has 4 heteroatoms. The second-order valence-corrected chi connectivity index (χ2v) is 3.03. The van der Waals surface area contributed by atoms with E-state index in [0.29, 0.717) is 12.1 Å². The molecule has 0 saturated carbocycles. The lowest BCUT2D eigenvalue weighted by molar-refractivity contribution is 0.339. The van der Waals surface area contributed by atoms with Gasteiger partial charge in [-0.2, -0.15) is 0 Å². The molecule has 56 valence electrons. The highest BCUT2D eigenvalue weighted by Gasteiger charge is 2.37. The number of likely N-dealkylation sites (tertiary alicyclic amines) is 1. The second kappa shape index (κ2) is 1.85. The Balaban J connectivity index is 2.08. The van der Waals surface area contributed by atoms with Gasteiger partial charge in [0.25, 0.3) is 0 Å². The van der Waals surface area contributed by atoms with E-state index in [4.69, 9.17) is 11.1 Å². The molecule has 2 saturated heterocycles. The molecule has 2 atom stereocenters. The molecule has 0 aromatic carbocycles. The van der Waals surface area contributed by atoms with Gasteiger partial charge in [0.2, 0.25) is 0 Å². The van der Waals surface area contributed by atoms with Crippen LogP contribution in [-0.4, -0.2) is 36.0 Å². The fourth-order valence-electron chi connectivity index (χ4n) is 1.86. The summed E-state index contributed by atoms with van der Waals surface area (Å²) in [5.41, 5.74) is 5.37. The molecular weight excluding hydrogens is 128 g/mol. The van der Waals surface area contributed by atoms with Gasteiger partial charge in [-0.25, -0.2) is 0 Å². The van der Waals surface area contributed by atoms with Crippen LogP contribution in [0.25, 0.3) is 0 Å².